The molecule has 3 heterocycles. The van der Waals surface area contributed by atoms with Crippen molar-refractivity contribution in [2.45, 2.75) is 32.2 Å². The van der Waals surface area contributed by atoms with Crippen molar-refractivity contribution in [3.05, 3.63) is 59.8 Å². The van der Waals surface area contributed by atoms with Crippen LogP contribution in [-0.2, 0) is 6.42 Å². The summed E-state index contributed by atoms with van der Waals surface area (Å²) in [4.78, 5) is 15.3. The Balaban J connectivity index is 0.00000306. The van der Waals surface area contributed by atoms with E-state index in [0.717, 1.165) is 43.1 Å². The topological polar surface area (TPSA) is 91.5 Å². The van der Waals surface area contributed by atoms with Gasteiger partial charge < -0.3 is 20.1 Å². The second-order valence-electron chi connectivity index (χ2n) is 7.84. The molecule has 1 atom stereocenters. The van der Waals surface area contributed by atoms with Gasteiger partial charge in [0.2, 0.25) is 0 Å². The van der Waals surface area contributed by atoms with E-state index in [9.17, 15) is 4.39 Å². The van der Waals surface area contributed by atoms with Crippen molar-refractivity contribution in [1.82, 2.24) is 25.8 Å². The van der Waals surface area contributed by atoms with Crippen molar-refractivity contribution in [1.29, 1.82) is 0 Å². The maximum absolute atomic E-state index is 13.5. The van der Waals surface area contributed by atoms with Gasteiger partial charge in [0, 0.05) is 51.0 Å². The van der Waals surface area contributed by atoms with Crippen LogP contribution in [0.15, 0.2) is 52.1 Å². The lowest BCUT2D eigenvalue weighted by Crippen LogP contribution is -2.51. The number of hydrogen-bond donors (Lipinski definition) is 2. The monoisotopic (exact) mass is 565 g/mol. The molecule has 0 aliphatic carbocycles. The Morgan fingerprint density at radius 2 is 2.18 bits per heavy atom. The molecule has 1 fully saturated rings. The highest BCUT2D eigenvalue weighted by Gasteiger charge is 2.22. The number of aryl methyl sites for hydroxylation is 1. The van der Waals surface area contributed by atoms with Crippen LogP contribution in [0.2, 0.25) is 0 Å². The first kappa shape index (κ1) is 24.9. The number of aromatic nitrogens is 3. The molecule has 2 aromatic heterocycles. The lowest BCUT2D eigenvalue weighted by Gasteiger charge is -2.36. The summed E-state index contributed by atoms with van der Waals surface area (Å²) >= 11 is 0. The second-order valence-corrected chi connectivity index (χ2v) is 7.84. The molecular weight excluding hydrogens is 536 g/mol. The Hall–Kier alpha value is -2.76. The average molecular weight is 565 g/mol. The number of anilines is 1. The maximum Gasteiger partial charge on any atom is 0.276 e. The van der Waals surface area contributed by atoms with Crippen LogP contribution in [0.25, 0.3) is 11.6 Å². The lowest BCUT2D eigenvalue weighted by molar-refractivity contribution is 0.421. The minimum atomic E-state index is -0.198. The first-order valence-corrected chi connectivity index (χ1v) is 10.8. The number of aliphatic imine (C=N–C) groups is 1. The van der Waals surface area contributed by atoms with Crippen molar-refractivity contribution in [3.8, 4) is 11.6 Å². The summed E-state index contributed by atoms with van der Waals surface area (Å²) in [5, 5.41) is 10.9. The molecule has 4 rings (SSSR count). The third-order valence-electron chi connectivity index (χ3n) is 5.48. The molecule has 0 radical (unpaired) electrons. The number of benzene rings is 1. The van der Waals surface area contributed by atoms with Gasteiger partial charge in [-0.3, -0.25) is 9.98 Å². The Morgan fingerprint density at radius 3 is 2.94 bits per heavy atom. The smallest absolute Gasteiger partial charge is 0.276 e. The Labute approximate surface area is 210 Å². The van der Waals surface area contributed by atoms with Crippen molar-refractivity contribution in [2.24, 2.45) is 4.99 Å². The van der Waals surface area contributed by atoms with Crippen LogP contribution >= 0.6 is 24.0 Å². The fourth-order valence-electron chi connectivity index (χ4n) is 3.92. The molecule has 10 heteroatoms. The van der Waals surface area contributed by atoms with Gasteiger partial charge in [-0.2, -0.15) is 4.98 Å². The zero-order chi connectivity index (χ0) is 22.3. The quantitative estimate of drug-likeness (QED) is 0.268. The molecule has 2 N–H and O–H groups in total. The van der Waals surface area contributed by atoms with E-state index >= 15 is 0 Å². The van der Waals surface area contributed by atoms with E-state index in [-0.39, 0.29) is 35.8 Å². The van der Waals surface area contributed by atoms with Gasteiger partial charge in [0.25, 0.3) is 5.89 Å². The molecule has 176 valence electrons. The van der Waals surface area contributed by atoms with Gasteiger partial charge in [0.1, 0.15) is 11.5 Å². The number of halogens is 2. The second kappa shape index (κ2) is 11.9. The minimum Gasteiger partial charge on any atom is -0.369 e. The van der Waals surface area contributed by atoms with Crippen molar-refractivity contribution in [2.75, 3.05) is 31.6 Å². The summed E-state index contributed by atoms with van der Waals surface area (Å²) in [6, 6.07) is 10.8. The zero-order valence-corrected chi connectivity index (χ0v) is 21.1. The number of piperidine rings is 1. The number of nitrogens with one attached hydrogen (secondary N) is 2. The predicted octanol–water partition coefficient (Wildman–Crippen LogP) is 3.57. The molecule has 0 amide bonds. The van der Waals surface area contributed by atoms with Crippen molar-refractivity contribution >= 4 is 35.6 Å². The standard InChI is InChI=1S/C23H28FN7O.HI/c1-16-14-17(24)8-9-20(16)31-13-5-6-18(15-31)28-23(25-2)27-12-10-21-29-22(32-30-21)19-7-3-4-11-26-19;/h3-4,7-9,11,14,18H,5-6,10,12-13,15H2,1-2H3,(H2,25,27,28);1H. The fraction of sp³-hybridized carbons (Fsp3) is 0.391. The van der Waals surface area contributed by atoms with E-state index in [0.29, 0.717) is 30.4 Å². The fourth-order valence-corrected chi connectivity index (χ4v) is 3.92. The molecule has 0 saturated carbocycles. The molecule has 0 spiro atoms. The number of hydrogen-bond acceptors (Lipinski definition) is 6. The van der Waals surface area contributed by atoms with E-state index in [2.05, 4.69) is 35.7 Å². The van der Waals surface area contributed by atoms with Gasteiger partial charge in [-0.15, -0.1) is 24.0 Å². The summed E-state index contributed by atoms with van der Waals surface area (Å²) in [6.45, 7) is 4.38. The van der Waals surface area contributed by atoms with E-state index in [1.807, 2.05) is 31.2 Å². The molecule has 1 aromatic carbocycles. The van der Waals surface area contributed by atoms with Gasteiger partial charge >= 0.3 is 0 Å². The van der Waals surface area contributed by atoms with E-state index in [1.54, 1.807) is 19.3 Å². The van der Waals surface area contributed by atoms with Crippen LogP contribution in [0.3, 0.4) is 0 Å². The summed E-state index contributed by atoms with van der Waals surface area (Å²) < 4.78 is 18.8. The summed E-state index contributed by atoms with van der Waals surface area (Å²) in [5.41, 5.74) is 2.70. The number of rotatable bonds is 6. The molecule has 1 aliphatic heterocycles. The van der Waals surface area contributed by atoms with Gasteiger partial charge in [-0.1, -0.05) is 11.2 Å². The van der Waals surface area contributed by atoms with Gasteiger partial charge in [0.15, 0.2) is 11.8 Å². The molecule has 3 aromatic rings. The highest BCUT2D eigenvalue weighted by Crippen LogP contribution is 2.24. The molecule has 1 saturated heterocycles. The van der Waals surface area contributed by atoms with Crippen LogP contribution in [0, 0.1) is 12.7 Å². The van der Waals surface area contributed by atoms with Crippen molar-refractivity contribution < 1.29 is 8.91 Å². The highest BCUT2D eigenvalue weighted by atomic mass is 127. The van der Waals surface area contributed by atoms with Crippen LogP contribution < -0.4 is 15.5 Å². The zero-order valence-electron chi connectivity index (χ0n) is 18.8. The van der Waals surface area contributed by atoms with Crippen molar-refractivity contribution in [3.63, 3.8) is 0 Å². The molecule has 0 bridgehead atoms. The number of pyridine rings is 1. The molecule has 33 heavy (non-hydrogen) atoms. The van der Waals surface area contributed by atoms with Gasteiger partial charge in [0.05, 0.1) is 0 Å². The average Bonchev–Trinajstić information content (AvgIpc) is 3.28. The first-order chi connectivity index (χ1) is 15.6. The van der Waals surface area contributed by atoms with Crippen LogP contribution in [0.4, 0.5) is 10.1 Å². The van der Waals surface area contributed by atoms with E-state index in [4.69, 9.17) is 4.52 Å². The van der Waals surface area contributed by atoms with E-state index in [1.165, 1.54) is 6.07 Å². The van der Waals surface area contributed by atoms with Gasteiger partial charge in [-0.25, -0.2) is 4.39 Å². The lowest BCUT2D eigenvalue weighted by atomic mass is 10.0. The maximum atomic E-state index is 13.5. The summed E-state index contributed by atoms with van der Waals surface area (Å²) in [7, 11) is 1.76. The first-order valence-electron chi connectivity index (χ1n) is 10.8. The summed E-state index contributed by atoms with van der Waals surface area (Å²) in [5.74, 6) is 1.57. The third-order valence-corrected chi connectivity index (χ3v) is 5.48. The molecular formula is C23H29FIN7O. The Bertz CT molecular complexity index is 1060. The largest absolute Gasteiger partial charge is 0.369 e. The predicted molar refractivity (Wildman–Crippen MR) is 138 cm³/mol. The summed E-state index contributed by atoms with van der Waals surface area (Å²) in [6.07, 6.45) is 4.41. The SMILES string of the molecule is CN=C(NCCc1noc(-c2ccccn2)n1)NC1CCCN(c2ccc(F)cc2C)C1.I. The molecule has 1 unspecified atom stereocenters. The number of nitrogens with zero attached hydrogens (tertiary/aromatic N) is 5. The molecule has 1 aliphatic rings. The third kappa shape index (κ3) is 6.62. The van der Waals surface area contributed by atoms with Crippen LogP contribution in [0.5, 0.6) is 0 Å². The Morgan fingerprint density at radius 1 is 1.30 bits per heavy atom. The van der Waals surface area contributed by atoms with Gasteiger partial charge in [-0.05, 0) is 55.7 Å². The minimum absolute atomic E-state index is 0. The van der Waals surface area contributed by atoms with Crippen LogP contribution in [-0.4, -0.2) is 53.8 Å². The normalized spacial score (nSPS) is 16.3. The van der Waals surface area contributed by atoms with Crippen LogP contribution in [0.1, 0.15) is 24.2 Å². The van der Waals surface area contributed by atoms with E-state index < -0.39 is 0 Å². The molecule has 8 nitrogen and oxygen atoms in total. The highest BCUT2D eigenvalue weighted by molar-refractivity contribution is 14.0. The Kier molecular flexibility index (Phi) is 8.98. The number of guanidine groups is 1.